The Morgan fingerprint density at radius 1 is 1.29 bits per heavy atom. The van der Waals surface area contributed by atoms with E-state index in [1.54, 1.807) is 0 Å². The van der Waals surface area contributed by atoms with Crippen LogP contribution in [0.3, 0.4) is 0 Å². The van der Waals surface area contributed by atoms with Gasteiger partial charge in [-0.2, -0.15) is 0 Å². The molecule has 0 amide bonds. The van der Waals surface area contributed by atoms with Crippen LogP contribution in [-0.4, -0.2) is 40.5 Å². The molecule has 0 unspecified atom stereocenters. The predicted molar refractivity (Wildman–Crippen MR) is 86.4 cm³/mol. The van der Waals surface area contributed by atoms with Crippen LogP contribution >= 0.6 is 0 Å². The minimum Gasteiger partial charge on any atom is -0.316 e. The summed E-state index contributed by atoms with van der Waals surface area (Å²) >= 11 is 0. The Morgan fingerprint density at radius 3 is 2.90 bits per heavy atom. The first kappa shape index (κ1) is 14.5. The summed E-state index contributed by atoms with van der Waals surface area (Å²) in [6.07, 6.45) is 8.07. The number of rotatable bonds is 6. The summed E-state index contributed by atoms with van der Waals surface area (Å²) in [6.45, 7) is 7.96. The number of fused-ring (bicyclic) bond motifs is 1. The summed E-state index contributed by atoms with van der Waals surface area (Å²) in [7, 11) is 0. The van der Waals surface area contributed by atoms with E-state index in [2.05, 4.69) is 40.0 Å². The second kappa shape index (κ2) is 7.05. The molecule has 0 bridgehead atoms. The van der Waals surface area contributed by atoms with E-state index in [-0.39, 0.29) is 0 Å². The molecule has 1 fully saturated rings. The van der Waals surface area contributed by atoms with Crippen LogP contribution in [0.25, 0.3) is 5.65 Å². The van der Waals surface area contributed by atoms with E-state index in [9.17, 15) is 0 Å². The highest BCUT2D eigenvalue weighted by molar-refractivity contribution is 5.39. The van der Waals surface area contributed by atoms with Crippen LogP contribution in [0.4, 0.5) is 0 Å². The molecular formula is C17H26N4. The van der Waals surface area contributed by atoms with E-state index < -0.39 is 0 Å². The number of likely N-dealkylation sites (tertiary alicyclic amines) is 1. The van der Waals surface area contributed by atoms with Gasteiger partial charge < -0.3 is 9.72 Å². The first-order chi connectivity index (χ1) is 10.3. The highest BCUT2D eigenvalue weighted by atomic mass is 15.1. The van der Waals surface area contributed by atoms with Gasteiger partial charge in [0.15, 0.2) is 0 Å². The van der Waals surface area contributed by atoms with Crippen LogP contribution < -0.4 is 5.32 Å². The zero-order valence-electron chi connectivity index (χ0n) is 13.0. The molecule has 0 saturated carbocycles. The monoisotopic (exact) mass is 286 g/mol. The van der Waals surface area contributed by atoms with E-state index in [0.717, 1.165) is 24.7 Å². The molecule has 0 spiro atoms. The third-order valence-corrected chi connectivity index (χ3v) is 4.37. The van der Waals surface area contributed by atoms with Crippen LogP contribution in [0.1, 0.15) is 31.9 Å². The lowest BCUT2D eigenvalue weighted by Crippen LogP contribution is -2.37. The van der Waals surface area contributed by atoms with E-state index in [1.165, 1.54) is 44.6 Å². The Kier molecular flexibility index (Phi) is 4.88. The average molecular weight is 286 g/mol. The molecule has 4 nitrogen and oxygen atoms in total. The van der Waals surface area contributed by atoms with Crippen LogP contribution in [-0.2, 0) is 6.54 Å². The molecule has 0 atom stereocenters. The Bertz CT molecular complexity index is 522. The van der Waals surface area contributed by atoms with Gasteiger partial charge in [0.1, 0.15) is 5.65 Å². The Labute approximate surface area is 127 Å². The molecule has 3 rings (SSSR count). The van der Waals surface area contributed by atoms with Crippen LogP contribution in [0.2, 0.25) is 0 Å². The molecule has 1 aliphatic rings. The van der Waals surface area contributed by atoms with Gasteiger partial charge in [0, 0.05) is 18.9 Å². The number of hydrogen-bond donors (Lipinski definition) is 1. The van der Waals surface area contributed by atoms with E-state index in [4.69, 9.17) is 4.98 Å². The summed E-state index contributed by atoms with van der Waals surface area (Å²) in [4.78, 5) is 7.24. The van der Waals surface area contributed by atoms with Gasteiger partial charge in [-0.1, -0.05) is 13.0 Å². The highest BCUT2D eigenvalue weighted by Crippen LogP contribution is 2.18. The number of nitrogens with one attached hydrogen (secondary N) is 1. The Hall–Kier alpha value is -1.39. The fourth-order valence-electron chi connectivity index (χ4n) is 3.12. The molecular weight excluding hydrogens is 260 g/mol. The fourth-order valence-corrected chi connectivity index (χ4v) is 3.12. The van der Waals surface area contributed by atoms with Crippen molar-refractivity contribution in [3.05, 3.63) is 36.3 Å². The molecule has 114 valence electrons. The predicted octanol–water partition coefficient (Wildman–Crippen LogP) is 2.55. The fraction of sp³-hybridized carbons (Fsp3) is 0.588. The number of piperidine rings is 1. The number of nitrogens with zero attached hydrogens (tertiary/aromatic N) is 3. The minimum atomic E-state index is 0.855. The molecule has 1 aliphatic heterocycles. The lowest BCUT2D eigenvalue weighted by Gasteiger charge is -2.31. The van der Waals surface area contributed by atoms with Crippen molar-refractivity contribution in [3.8, 4) is 0 Å². The van der Waals surface area contributed by atoms with Crippen molar-refractivity contribution < 1.29 is 0 Å². The van der Waals surface area contributed by atoms with Gasteiger partial charge in [0.2, 0.25) is 0 Å². The molecule has 1 saturated heterocycles. The number of pyridine rings is 1. The minimum absolute atomic E-state index is 0.855. The zero-order chi connectivity index (χ0) is 14.5. The van der Waals surface area contributed by atoms with Crippen LogP contribution in [0.5, 0.6) is 0 Å². The van der Waals surface area contributed by atoms with Gasteiger partial charge in [-0.25, -0.2) is 4.98 Å². The third kappa shape index (κ3) is 3.83. The molecule has 2 aromatic heterocycles. The van der Waals surface area contributed by atoms with Gasteiger partial charge in [-0.3, -0.25) is 4.90 Å². The van der Waals surface area contributed by atoms with Gasteiger partial charge in [-0.05, 0) is 63.5 Å². The standard InChI is InChI=1S/C17H26N4/c1-2-8-18-12-15-6-10-20(11-7-15)13-16-14-21-9-4-3-5-17(21)19-16/h3-5,9,14-15,18H,2,6-8,10-13H2,1H3. The summed E-state index contributed by atoms with van der Waals surface area (Å²) < 4.78 is 2.11. The van der Waals surface area contributed by atoms with Crippen LogP contribution in [0.15, 0.2) is 30.6 Å². The van der Waals surface area contributed by atoms with Crippen molar-refractivity contribution in [1.82, 2.24) is 19.6 Å². The molecule has 4 heteroatoms. The SMILES string of the molecule is CCCNCC1CCN(Cc2cn3ccccc3n2)CC1. The average Bonchev–Trinajstić information content (AvgIpc) is 2.91. The summed E-state index contributed by atoms with van der Waals surface area (Å²) in [5.74, 6) is 0.855. The van der Waals surface area contributed by atoms with Crippen molar-refractivity contribution in [3.63, 3.8) is 0 Å². The normalized spacial score (nSPS) is 17.6. The second-order valence-electron chi connectivity index (χ2n) is 6.12. The smallest absolute Gasteiger partial charge is 0.137 e. The lowest BCUT2D eigenvalue weighted by molar-refractivity contribution is 0.174. The molecule has 0 aromatic carbocycles. The molecule has 21 heavy (non-hydrogen) atoms. The molecule has 0 aliphatic carbocycles. The number of aromatic nitrogens is 2. The maximum absolute atomic E-state index is 4.70. The van der Waals surface area contributed by atoms with Crippen molar-refractivity contribution in [1.29, 1.82) is 0 Å². The quantitative estimate of drug-likeness (QED) is 0.828. The first-order valence-electron chi connectivity index (χ1n) is 8.21. The summed E-state index contributed by atoms with van der Waals surface area (Å²) in [6, 6.07) is 6.16. The van der Waals surface area contributed by atoms with Gasteiger partial charge in [0.05, 0.1) is 5.69 Å². The zero-order valence-corrected chi connectivity index (χ0v) is 13.0. The molecule has 0 radical (unpaired) electrons. The molecule has 2 aromatic rings. The van der Waals surface area contributed by atoms with Crippen molar-refractivity contribution in [2.24, 2.45) is 5.92 Å². The van der Waals surface area contributed by atoms with E-state index >= 15 is 0 Å². The van der Waals surface area contributed by atoms with Crippen LogP contribution in [0, 0.1) is 5.92 Å². The maximum Gasteiger partial charge on any atom is 0.137 e. The summed E-state index contributed by atoms with van der Waals surface area (Å²) in [5.41, 5.74) is 2.23. The van der Waals surface area contributed by atoms with Crippen molar-refractivity contribution >= 4 is 5.65 Å². The lowest BCUT2D eigenvalue weighted by atomic mass is 9.96. The molecule has 1 N–H and O–H groups in total. The van der Waals surface area contributed by atoms with Gasteiger partial charge in [0.25, 0.3) is 0 Å². The summed E-state index contributed by atoms with van der Waals surface area (Å²) in [5, 5.41) is 3.55. The third-order valence-electron chi connectivity index (χ3n) is 4.37. The Morgan fingerprint density at radius 2 is 2.14 bits per heavy atom. The molecule has 3 heterocycles. The van der Waals surface area contributed by atoms with Crippen molar-refractivity contribution in [2.45, 2.75) is 32.7 Å². The first-order valence-corrected chi connectivity index (χ1v) is 8.21. The second-order valence-corrected chi connectivity index (χ2v) is 6.12. The van der Waals surface area contributed by atoms with Gasteiger partial charge in [-0.15, -0.1) is 0 Å². The largest absolute Gasteiger partial charge is 0.316 e. The van der Waals surface area contributed by atoms with E-state index in [0.29, 0.717) is 0 Å². The number of hydrogen-bond acceptors (Lipinski definition) is 3. The topological polar surface area (TPSA) is 32.6 Å². The van der Waals surface area contributed by atoms with Gasteiger partial charge >= 0.3 is 0 Å². The maximum atomic E-state index is 4.70. The highest BCUT2D eigenvalue weighted by Gasteiger charge is 2.19. The van der Waals surface area contributed by atoms with E-state index in [1.807, 2.05) is 12.1 Å². The Balaban J connectivity index is 1.48. The van der Waals surface area contributed by atoms with Crippen molar-refractivity contribution in [2.75, 3.05) is 26.2 Å². The number of imidazole rings is 1.